The summed E-state index contributed by atoms with van der Waals surface area (Å²) in [5.74, 6) is -0.505. The van der Waals surface area contributed by atoms with Gasteiger partial charge >= 0.3 is 39.5 Å². The molecule has 3 unspecified atom stereocenters. The van der Waals surface area contributed by atoms with Crippen molar-refractivity contribution in [3.8, 4) is 0 Å². The van der Waals surface area contributed by atoms with Gasteiger partial charge in [0, 0.05) is 25.7 Å². The highest BCUT2D eigenvalue weighted by molar-refractivity contribution is 7.47. The molecule has 0 radical (unpaired) electrons. The van der Waals surface area contributed by atoms with E-state index in [4.69, 9.17) is 37.0 Å². The standard InChI is InChI=1S/C84H164O17P2/c1-7-10-12-14-16-18-20-22-28-33-37-41-48-54-60-66-81(86)94-72-79(100-83(88)69-63-57-51-43-39-35-31-27-25-24-26-30-32-36-40-46-52-58-64-76(4)5)74-98-102(90,91)96-70-78(85)71-97-103(92,93)99-75-80(73-95-82(87)67-61-55-49-45-44-47-53-59-65-77(6)9-3)101-84(89)68-62-56-50-42-38-34-29-23-21-19-17-15-13-11-8-2/h76-80,85H,7-75H2,1-6H3,(H,90,91)(H,92,93)/t77?,78-,79-,80-/m1/s1. The van der Waals surface area contributed by atoms with Crippen molar-refractivity contribution in [3.05, 3.63) is 0 Å². The number of esters is 4. The molecule has 0 amide bonds. The van der Waals surface area contributed by atoms with E-state index in [0.717, 1.165) is 102 Å². The molecule has 0 spiro atoms. The number of rotatable bonds is 83. The van der Waals surface area contributed by atoms with Gasteiger partial charge in [-0.15, -0.1) is 0 Å². The summed E-state index contributed by atoms with van der Waals surface area (Å²) >= 11 is 0. The number of carbonyl (C=O) groups excluding carboxylic acids is 4. The molecule has 3 N–H and O–H groups in total. The Hall–Kier alpha value is -1.94. The molecule has 19 heteroatoms. The van der Waals surface area contributed by atoms with Gasteiger partial charge in [-0.05, 0) is 37.5 Å². The predicted molar refractivity (Wildman–Crippen MR) is 423 cm³/mol. The zero-order chi connectivity index (χ0) is 75.6. The number of aliphatic hydroxyl groups excluding tert-OH is 1. The first-order valence-electron chi connectivity index (χ1n) is 43.5. The predicted octanol–water partition coefficient (Wildman–Crippen LogP) is 25.5. The van der Waals surface area contributed by atoms with Gasteiger partial charge in [-0.2, -0.15) is 0 Å². The van der Waals surface area contributed by atoms with Crippen molar-refractivity contribution in [2.45, 2.75) is 464 Å². The minimum absolute atomic E-state index is 0.108. The molecule has 0 aliphatic rings. The lowest BCUT2D eigenvalue weighted by Crippen LogP contribution is -2.30. The van der Waals surface area contributed by atoms with Crippen molar-refractivity contribution in [2.24, 2.45) is 11.8 Å². The molecule has 0 bridgehead atoms. The van der Waals surface area contributed by atoms with Crippen LogP contribution >= 0.6 is 15.6 Å². The highest BCUT2D eigenvalue weighted by Crippen LogP contribution is 2.45. The lowest BCUT2D eigenvalue weighted by atomic mass is 9.99. The molecule has 0 aromatic heterocycles. The van der Waals surface area contributed by atoms with Crippen molar-refractivity contribution in [3.63, 3.8) is 0 Å². The van der Waals surface area contributed by atoms with Crippen molar-refractivity contribution in [1.29, 1.82) is 0 Å². The Morgan fingerprint density at radius 3 is 0.738 bits per heavy atom. The molecule has 0 saturated heterocycles. The van der Waals surface area contributed by atoms with Crippen molar-refractivity contribution >= 4 is 39.5 Å². The Labute approximate surface area is 632 Å². The van der Waals surface area contributed by atoms with Crippen LogP contribution in [-0.2, 0) is 65.4 Å². The minimum Gasteiger partial charge on any atom is -0.462 e. The van der Waals surface area contributed by atoms with Crippen LogP contribution in [-0.4, -0.2) is 96.7 Å². The molecule has 17 nitrogen and oxygen atoms in total. The quantitative estimate of drug-likeness (QED) is 0.0222. The van der Waals surface area contributed by atoms with E-state index < -0.39 is 97.5 Å². The maximum Gasteiger partial charge on any atom is 0.472 e. The molecule has 6 atom stereocenters. The van der Waals surface area contributed by atoms with Gasteiger partial charge in [0.05, 0.1) is 26.4 Å². The van der Waals surface area contributed by atoms with E-state index in [1.165, 1.54) is 263 Å². The van der Waals surface area contributed by atoms with Gasteiger partial charge in [-0.25, -0.2) is 9.13 Å². The van der Waals surface area contributed by atoms with Gasteiger partial charge < -0.3 is 33.8 Å². The number of hydrogen-bond acceptors (Lipinski definition) is 15. The maximum atomic E-state index is 13.1. The molecule has 0 aliphatic carbocycles. The first kappa shape index (κ1) is 101. The molecule has 612 valence electrons. The Kier molecular flexibility index (Phi) is 74.1. The van der Waals surface area contributed by atoms with E-state index in [1.807, 2.05) is 0 Å². The number of phosphoric acid groups is 2. The first-order chi connectivity index (χ1) is 49.9. The van der Waals surface area contributed by atoms with Gasteiger partial charge in [0.2, 0.25) is 0 Å². The van der Waals surface area contributed by atoms with Crippen LogP contribution in [0.4, 0.5) is 0 Å². The van der Waals surface area contributed by atoms with E-state index in [0.29, 0.717) is 25.7 Å². The molecule has 0 saturated carbocycles. The largest absolute Gasteiger partial charge is 0.472 e. The molecule has 103 heavy (non-hydrogen) atoms. The van der Waals surface area contributed by atoms with E-state index in [9.17, 15) is 43.2 Å². The number of aliphatic hydroxyl groups is 1. The summed E-state index contributed by atoms with van der Waals surface area (Å²) in [6, 6.07) is 0. The molecular weight excluding hydrogens is 1340 g/mol. The van der Waals surface area contributed by atoms with Crippen LogP contribution in [0.3, 0.4) is 0 Å². The average molecular weight is 1510 g/mol. The number of ether oxygens (including phenoxy) is 4. The normalized spacial score (nSPS) is 14.1. The number of unbranched alkanes of at least 4 members (excludes halogenated alkanes) is 52. The zero-order valence-electron chi connectivity index (χ0n) is 67.6. The van der Waals surface area contributed by atoms with E-state index in [1.54, 1.807) is 0 Å². The molecule has 0 aliphatic heterocycles. The van der Waals surface area contributed by atoms with Gasteiger partial charge in [0.25, 0.3) is 0 Å². The third-order valence-electron chi connectivity index (χ3n) is 20.1. The third-order valence-corrected chi connectivity index (χ3v) is 22.0. The van der Waals surface area contributed by atoms with Crippen LogP contribution in [0.15, 0.2) is 0 Å². The highest BCUT2D eigenvalue weighted by Gasteiger charge is 2.30. The number of carbonyl (C=O) groups is 4. The summed E-state index contributed by atoms with van der Waals surface area (Å²) in [5, 5.41) is 10.7. The molecule has 0 rings (SSSR count). The molecule has 0 aromatic rings. The maximum absolute atomic E-state index is 13.1. The van der Waals surface area contributed by atoms with Gasteiger partial charge in [0.1, 0.15) is 19.3 Å². The fraction of sp³-hybridized carbons (Fsp3) is 0.952. The molecule has 0 aromatic carbocycles. The highest BCUT2D eigenvalue weighted by atomic mass is 31.2. The second-order valence-electron chi connectivity index (χ2n) is 30.9. The topological polar surface area (TPSA) is 237 Å². The monoisotopic (exact) mass is 1510 g/mol. The molecule has 0 fully saturated rings. The van der Waals surface area contributed by atoms with Gasteiger partial charge in [-0.1, -0.05) is 395 Å². The van der Waals surface area contributed by atoms with Gasteiger partial charge in [-0.3, -0.25) is 37.3 Å². The van der Waals surface area contributed by atoms with Crippen molar-refractivity contribution in [2.75, 3.05) is 39.6 Å². The van der Waals surface area contributed by atoms with Crippen LogP contribution in [0.5, 0.6) is 0 Å². The molecular formula is C84H164O17P2. The van der Waals surface area contributed by atoms with E-state index >= 15 is 0 Å². The third kappa shape index (κ3) is 76.6. The van der Waals surface area contributed by atoms with Gasteiger partial charge in [0.15, 0.2) is 12.2 Å². The lowest BCUT2D eigenvalue weighted by Gasteiger charge is -2.21. The fourth-order valence-electron chi connectivity index (χ4n) is 13.0. The Morgan fingerprint density at radius 2 is 0.495 bits per heavy atom. The second kappa shape index (κ2) is 75.5. The van der Waals surface area contributed by atoms with Crippen LogP contribution < -0.4 is 0 Å². The summed E-state index contributed by atoms with van der Waals surface area (Å²) in [6.07, 6.45) is 66.5. The minimum atomic E-state index is -4.96. The number of hydrogen-bond donors (Lipinski definition) is 3. The van der Waals surface area contributed by atoms with E-state index in [-0.39, 0.29) is 25.7 Å². The average Bonchev–Trinajstić information content (AvgIpc) is 0.905. The Morgan fingerprint density at radius 1 is 0.282 bits per heavy atom. The summed E-state index contributed by atoms with van der Waals surface area (Å²) in [5.41, 5.74) is 0. The summed E-state index contributed by atoms with van der Waals surface area (Å²) < 4.78 is 68.9. The lowest BCUT2D eigenvalue weighted by molar-refractivity contribution is -0.161. The SMILES string of the molecule is CCCCCCCCCCCCCCCCCC(=O)OC[C@H](COP(=O)(O)OC[C@@H](O)COP(=O)(O)OC[C@@H](COC(=O)CCCCCCCCCCC(C)CC)OC(=O)CCCCCCCCCCCCCCCCC)OC(=O)CCCCCCCCCCCCCCCCCCCCC(C)C. The Bertz CT molecular complexity index is 1980. The molecule has 0 heterocycles. The van der Waals surface area contributed by atoms with Crippen LogP contribution in [0.25, 0.3) is 0 Å². The summed E-state index contributed by atoms with van der Waals surface area (Å²) in [7, 11) is -9.93. The Balaban J connectivity index is 5.25. The fourth-order valence-corrected chi connectivity index (χ4v) is 14.6. The van der Waals surface area contributed by atoms with Crippen molar-refractivity contribution in [1.82, 2.24) is 0 Å². The van der Waals surface area contributed by atoms with E-state index in [2.05, 4.69) is 41.5 Å². The first-order valence-corrected chi connectivity index (χ1v) is 46.5. The number of phosphoric ester groups is 2. The smallest absolute Gasteiger partial charge is 0.462 e. The second-order valence-corrected chi connectivity index (χ2v) is 33.8. The zero-order valence-corrected chi connectivity index (χ0v) is 69.4. The summed E-state index contributed by atoms with van der Waals surface area (Å²) in [6.45, 7) is 9.70. The van der Waals surface area contributed by atoms with Crippen LogP contribution in [0.2, 0.25) is 0 Å². The van der Waals surface area contributed by atoms with Crippen molar-refractivity contribution < 1.29 is 80.2 Å². The van der Waals surface area contributed by atoms with Crippen LogP contribution in [0, 0.1) is 11.8 Å². The van der Waals surface area contributed by atoms with Crippen LogP contribution in [0.1, 0.15) is 446 Å². The summed E-state index contributed by atoms with van der Waals surface area (Å²) in [4.78, 5) is 73.2.